The van der Waals surface area contributed by atoms with Crippen LogP contribution in [-0.4, -0.2) is 22.7 Å². The SMILES string of the molecule is Nc1cc(Br)nc(NCCCCC(F)(F)F)n1. The Hall–Kier alpha value is -1.05. The van der Waals surface area contributed by atoms with E-state index in [4.69, 9.17) is 5.73 Å². The van der Waals surface area contributed by atoms with Crippen LogP contribution in [0.2, 0.25) is 0 Å². The van der Waals surface area contributed by atoms with Crippen molar-refractivity contribution in [3.05, 3.63) is 10.7 Å². The molecule has 17 heavy (non-hydrogen) atoms. The van der Waals surface area contributed by atoms with Gasteiger partial charge in [-0.05, 0) is 28.8 Å². The van der Waals surface area contributed by atoms with E-state index in [1.54, 1.807) is 0 Å². The van der Waals surface area contributed by atoms with Crippen molar-refractivity contribution >= 4 is 27.7 Å². The summed E-state index contributed by atoms with van der Waals surface area (Å²) in [6, 6.07) is 1.54. The second-order valence-electron chi connectivity index (χ2n) is 3.44. The minimum Gasteiger partial charge on any atom is -0.383 e. The number of nitrogens with zero attached hydrogens (tertiary/aromatic N) is 2. The Bertz CT molecular complexity index is 349. The van der Waals surface area contributed by atoms with Crippen LogP contribution in [0.15, 0.2) is 10.7 Å². The number of anilines is 2. The average molecular weight is 313 g/mol. The molecular formula is C9H12BrF3N4. The van der Waals surface area contributed by atoms with Gasteiger partial charge in [-0.25, -0.2) is 4.98 Å². The van der Waals surface area contributed by atoms with Crippen molar-refractivity contribution in [2.24, 2.45) is 0 Å². The molecule has 8 heteroatoms. The molecule has 1 heterocycles. The Balaban J connectivity index is 2.27. The van der Waals surface area contributed by atoms with Crippen LogP contribution in [0, 0.1) is 0 Å². The topological polar surface area (TPSA) is 63.8 Å². The highest BCUT2D eigenvalue weighted by Crippen LogP contribution is 2.22. The molecule has 4 nitrogen and oxygen atoms in total. The van der Waals surface area contributed by atoms with Gasteiger partial charge in [-0.3, -0.25) is 0 Å². The number of halogens is 4. The van der Waals surface area contributed by atoms with Crippen LogP contribution in [0.1, 0.15) is 19.3 Å². The number of unbranched alkanes of at least 4 members (excludes halogenated alkanes) is 1. The van der Waals surface area contributed by atoms with Gasteiger partial charge in [0.1, 0.15) is 10.4 Å². The van der Waals surface area contributed by atoms with E-state index in [9.17, 15) is 13.2 Å². The lowest BCUT2D eigenvalue weighted by molar-refractivity contribution is -0.135. The van der Waals surface area contributed by atoms with Crippen molar-refractivity contribution in [1.82, 2.24) is 9.97 Å². The number of rotatable bonds is 5. The van der Waals surface area contributed by atoms with Gasteiger partial charge in [-0.1, -0.05) is 0 Å². The molecule has 1 aromatic rings. The summed E-state index contributed by atoms with van der Waals surface area (Å²) in [5, 5.41) is 2.81. The minimum atomic E-state index is -4.09. The number of nitrogens with two attached hydrogens (primary N) is 1. The number of hydrogen-bond acceptors (Lipinski definition) is 4. The van der Waals surface area contributed by atoms with Crippen molar-refractivity contribution in [2.75, 3.05) is 17.6 Å². The van der Waals surface area contributed by atoms with Gasteiger partial charge >= 0.3 is 6.18 Å². The highest BCUT2D eigenvalue weighted by Gasteiger charge is 2.25. The molecule has 0 aromatic carbocycles. The van der Waals surface area contributed by atoms with Gasteiger partial charge in [0.2, 0.25) is 5.95 Å². The van der Waals surface area contributed by atoms with Gasteiger partial charge < -0.3 is 11.1 Å². The monoisotopic (exact) mass is 312 g/mol. The van der Waals surface area contributed by atoms with E-state index in [0.717, 1.165) is 0 Å². The maximum Gasteiger partial charge on any atom is 0.389 e. The third-order valence-corrected chi connectivity index (χ3v) is 2.29. The summed E-state index contributed by atoms with van der Waals surface area (Å²) in [5.41, 5.74) is 5.48. The Labute approximate surface area is 105 Å². The van der Waals surface area contributed by atoms with Gasteiger partial charge in [0.05, 0.1) is 0 Å². The van der Waals surface area contributed by atoms with Gasteiger partial charge in [0.25, 0.3) is 0 Å². The lowest BCUT2D eigenvalue weighted by Gasteiger charge is -2.07. The minimum absolute atomic E-state index is 0.0833. The molecule has 0 aliphatic heterocycles. The first-order valence-electron chi connectivity index (χ1n) is 4.97. The average Bonchev–Trinajstić information content (AvgIpc) is 2.13. The highest BCUT2D eigenvalue weighted by molar-refractivity contribution is 9.10. The number of nitrogens with one attached hydrogen (secondary N) is 1. The Morgan fingerprint density at radius 3 is 2.59 bits per heavy atom. The standard InChI is InChI=1S/C9H12BrF3N4/c10-6-5-7(14)17-8(16-6)15-4-2-1-3-9(11,12)13/h5H,1-4H2,(H3,14,15,16,17). The lowest BCUT2D eigenvalue weighted by Crippen LogP contribution is -2.10. The van der Waals surface area contributed by atoms with Crippen LogP contribution >= 0.6 is 15.9 Å². The summed E-state index contributed by atoms with van der Waals surface area (Å²) in [6.45, 7) is 0.381. The van der Waals surface area contributed by atoms with E-state index < -0.39 is 12.6 Å². The van der Waals surface area contributed by atoms with E-state index in [-0.39, 0.29) is 6.42 Å². The van der Waals surface area contributed by atoms with Crippen molar-refractivity contribution in [2.45, 2.75) is 25.4 Å². The van der Waals surface area contributed by atoms with Crippen LogP contribution in [-0.2, 0) is 0 Å². The zero-order valence-electron chi connectivity index (χ0n) is 8.89. The summed E-state index contributed by atoms with van der Waals surface area (Å²) in [7, 11) is 0. The summed E-state index contributed by atoms with van der Waals surface area (Å²) < 4.78 is 36.1. The van der Waals surface area contributed by atoms with Gasteiger partial charge in [-0.15, -0.1) is 0 Å². The van der Waals surface area contributed by atoms with Crippen molar-refractivity contribution in [3.63, 3.8) is 0 Å². The molecule has 0 unspecified atom stereocenters. The predicted molar refractivity (Wildman–Crippen MR) is 62.5 cm³/mol. The summed E-state index contributed by atoms with van der Waals surface area (Å²) in [6.07, 6.45) is -4.37. The van der Waals surface area contributed by atoms with E-state index in [1.807, 2.05) is 0 Å². The van der Waals surface area contributed by atoms with E-state index in [1.165, 1.54) is 6.07 Å². The molecule has 0 aliphatic carbocycles. The molecule has 0 bridgehead atoms. The summed E-state index contributed by atoms with van der Waals surface area (Å²) in [4.78, 5) is 7.86. The molecule has 0 amide bonds. The highest BCUT2D eigenvalue weighted by atomic mass is 79.9. The molecule has 96 valence electrons. The number of alkyl halides is 3. The Morgan fingerprint density at radius 2 is 2.00 bits per heavy atom. The normalized spacial score (nSPS) is 11.5. The van der Waals surface area contributed by atoms with Crippen molar-refractivity contribution < 1.29 is 13.2 Å². The Kier molecular flexibility index (Phi) is 4.98. The summed E-state index contributed by atoms with van der Waals surface area (Å²) in [5.74, 6) is 0.605. The third-order valence-electron chi connectivity index (χ3n) is 1.88. The molecule has 1 rings (SSSR count). The number of hydrogen-bond donors (Lipinski definition) is 2. The van der Waals surface area contributed by atoms with Crippen LogP contribution in [0.3, 0.4) is 0 Å². The Morgan fingerprint density at radius 1 is 1.29 bits per heavy atom. The molecule has 0 radical (unpaired) electrons. The third kappa shape index (κ3) is 6.30. The molecule has 0 saturated carbocycles. The first-order chi connectivity index (χ1) is 7.87. The van der Waals surface area contributed by atoms with E-state index >= 15 is 0 Å². The molecule has 0 atom stereocenters. The van der Waals surface area contributed by atoms with Gasteiger partial charge in [0, 0.05) is 19.0 Å². The fourth-order valence-electron chi connectivity index (χ4n) is 1.16. The first kappa shape index (κ1) is 14.0. The van der Waals surface area contributed by atoms with Crippen LogP contribution in [0.5, 0.6) is 0 Å². The molecular weight excluding hydrogens is 301 g/mol. The molecule has 0 fully saturated rings. The summed E-state index contributed by atoms with van der Waals surface area (Å²) >= 11 is 3.14. The molecule has 3 N–H and O–H groups in total. The van der Waals surface area contributed by atoms with E-state index in [0.29, 0.717) is 29.3 Å². The van der Waals surface area contributed by atoms with Crippen molar-refractivity contribution in [3.8, 4) is 0 Å². The van der Waals surface area contributed by atoms with Gasteiger partial charge in [-0.2, -0.15) is 18.2 Å². The quantitative estimate of drug-likeness (QED) is 0.648. The number of aromatic nitrogens is 2. The largest absolute Gasteiger partial charge is 0.389 e. The van der Waals surface area contributed by atoms with Gasteiger partial charge in [0.15, 0.2) is 0 Å². The predicted octanol–water partition coefficient (Wildman–Crippen LogP) is 2.97. The fourth-order valence-corrected chi connectivity index (χ4v) is 1.57. The second kappa shape index (κ2) is 6.04. The zero-order chi connectivity index (χ0) is 12.9. The molecule has 0 spiro atoms. The van der Waals surface area contributed by atoms with Crippen LogP contribution < -0.4 is 11.1 Å². The van der Waals surface area contributed by atoms with Crippen molar-refractivity contribution in [1.29, 1.82) is 0 Å². The first-order valence-corrected chi connectivity index (χ1v) is 5.77. The smallest absolute Gasteiger partial charge is 0.383 e. The van der Waals surface area contributed by atoms with Crippen LogP contribution in [0.25, 0.3) is 0 Å². The van der Waals surface area contributed by atoms with E-state index in [2.05, 4.69) is 31.2 Å². The molecule has 1 aromatic heterocycles. The fraction of sp³-hybridized carbons (Fsp3) is 0.556. The second-order valence-corrected chi connectivity index (χ2v) is 4.25. The maximum atomic E-state index is 11.8. The number of nitrogen functional groups attached to an aromatic ring is 1. The maximum absolute atomic E-state index is 11.8. The lowest BCUT2D eigenvalue weighted by atomic mass is 10.2. The molecule has 0 saturated heterocycles. The zero-order valence-corrected chi connectivity index (χ0v) is 10.5. The molecule has 0 aliphatic rings. The van der Waals surface area contributed by atoms with Crippen LogP contribution in [0.4, 0.5) is 24.9 Å².